The summed E-state index contributed by atoms with van der Waals surface area (Å²) in [6, 6.07) is -1.15. The molecule has 0 aliphatic carbocycles. The number of carboxylic acid groups (broad SMARTS) is 1. The second-order valence-corrected chi connectivity index (χ2v) is 17.6. The SMILES string of the molecule is C[C@@H]1OC(=O)C[C@H](O)C[C@H](O)CC[C@@H](O)[C@H](O)C[C@H](O)C[C@]2(O)C[C@H](O)[C@@H](C(=O)O)[C@H](C[C@@H](O[C@@H]3O[C@H](C)[C@@H](O)[C@H](N)[C@@H]3O)/C=C/C=C/C=C/C=C/C=C/C=C/C=C/[C@H](C)C(O)[C@H]1C)O2. The monoisotopic (exact) mass is 923 g/mol. The van der Waals surface area contributed by atoms with Gasteiger partial charge in [0.05, 0.1) is 79.6 Å². The first-order valence-electron chi connectivity index (χ1n) is 22.3. The van der Waals surface area contributed by atoms with Crippen molar-refractivity contribution in [1.82, 2.24) is 0 Å². The highest BCUT2D eigenvalue weighted by atomic mass is 16.7. The number of carboxylic acids is 1. The van der Waals surface area contributed by atoms with Crippen molar-refractivity contribution in [1.29, 1.82) is 0 Å². The third-order valence-electron chi connectivity index (χ3n) is 12.0. The number of allylic oxidation sites excluding steroid dienone is 12. The first-order chi connectivity index (χ1) is 30.6. The number of nitrogens with two attached hydrogens (primary N) is 1. The number of aliphatic hydroxyl groups excluding tert-OH is 9. The molecule has 65 heavy (non-hydrogen) atoms. The molecule has 0 saturated carbocycles. The van der Waals surface area contributed by atoms with Crippen molar-refractivity contribution in [3.8, 4) is 0 Å². The molecule has 18 nitrogen and oxygen atoms in total. The Kier molecular flexibility index (Phi) is 23.6. The Balaban J connectivity index is 1.86. The summed E-state index contributed by atoms with van der Waals surface area (Å²) in [4.78, 5) is 25.1. The Bertz CT molecular complexity index is 1670. The van der Waals surface area contributed by atoms with Crippen LogP contribution in [0.25, 0.3) is 0 Å². The van der Waals surface area contributed by atoms with E-state index in [1.165, 1.54) is 13.0 Å². The summed E-state index contributed by atoms with van der Waals surface area (Å²) in [6.07, 6.45) is 3.46. The van der Waals surface area contributed by atoms with Gasteiger partial charge in [0.15, 0.2) is 12.1 Å². The lowest BCUT2D eigenvalue weighted by Crippen LogP contribution is -2.61. The van der Waals surface area contributed by atoms with Gasteiger partial charge in [-0.05, 0) is 33.1 Å². The van der Waals surface area contributed by atoms with E-state index in [2.05, 4.69) is 0 Å². The molecule has 3 heterocycles. The lowest BCUT2D eigenvalue weighted by atomic mass is 9.82. The predicted octanol–water partition coefficient (Wildman–Crippen LogP) is 0.712. The normalized spacial score (nSPS) is 45.5. The summed E-state index contributed by atoms with van der Waals surface area (Å²) in [5, 5.41) is 118. The van der Waals surface area contributed by atoms with Crippen LogP contribution in [-0.4, -0.2) is 166 Å². The molecule has 3 rings (SSSR count). The molecule has 2 bridgehead atoms. The molecular weight excluding hydrogens is 851 g/mol. The van der Waals surface area contributed by atoms with Crippen molar-refractivity contribution in [3.63, 3.8) is 0 Å². The highest BCUT2D eigenvalue weighted by Gasteiger charge is 2.51. The van der Waals surface area contributed by atoms with Crippen LogP contribution in [0.1, 0.15) is 79.1 Å². The first-order valence-corrected chi connectivity index (χ1v) is 22.3. The first kappa shape index (κ1) is 55.9. The minimum atomic E-state index is -2.33. The van der Waals surface area contributed by atoms with E-state index >= 15 is 0 Å². The van der Waals surface area contributed by atoms with Crippen molar-refractivity contribution in [2.24, 2.45) is 23.5 Å². The molecule has 3 aliphatic rings. The minimum Gasteiger partial charge on any atom is -0.481 e. The van der Waals surface area contributed by atoms with Gasteiger partial charge >= 0.3 is 11.9 Å². The average Bonchev–Trinajstić information content (AvgIpc) is 3.21. The zero-order valence-corrected chi connectivity index (χ0v) is 37.6. The number of rotatable bonds is 3. The van der Waals surface area contributed by atoms with Gasteiger partial charge in [-0.3, -0.25) is 9.59 Å². The summed E-state index contributed by atoms with van der Waals surface area (Å²) >= 11 is 0. The van der Waals surface area contributed by atoms with Crippen LogP contribution < -0.4 is 5.73 Å². The average molecular weight is 924 g/mol. The van der Waals surface area contributed by atoms with E-state index < -0.39 is 147 Å². The Hall–Kier alpha value is -3.44. The van der Waals surface area contributed by atoms with Gasteiger partial charge in [0.1, 0.15) is 18.1 Å². The number of hydrogen-bond donors (Lipinski definition) is 12. The minimum absolute atomic E-state index is 0.107. The van der Waals surface area contributed by atoms with Gasteiger partial charge in [0.25, 0.3) is 0 Å². The van der Waals surface area contributed by atoms with Crippen LogP contribution in [0, 0.1) is 17.8 Å². The third kappa shape index (κ3) is 18.6. The van der Waals surface area contributed by atoms with Gasteiger partial charge in [-0.1, -0.05) is 98.9 Å². The Labute approximate surface area is 381 Å². The molecular formula is C47H73NO17. The molecule has 368 valence electrons. The molecule has 13 N–H and O–H groups in total. The summed E-state index contributed by atoms with van der Waals surface area (Å²) in [5.41, 5.74) is 6.02. The fourth-order valence-corrected chi connectivity index (χ4v) is 7.97. The van der Waals surface area contributed by atoms with Gasteiger partial charge in [0, 0.05) is 37.5 Å². The zero-order valence-electron chi connectivity index (χ0n) is 37.6. The van der Waals surface area contributed by atoms with E-state index in [1.807, 2.05) is 19.1 Å². The molecule has 0 radical (unpaired) electrons. The van der Waals surface area contributed by atoms with E-state index in [0.717, 1.165) is 0 Å². The quantitative estimate of drug-likeness (QED) is 0.174. The summed E-state index contributed by atoms with van der Waals surface area (Å²) < 4.78 is 23.1. The lowest BCUT2D eigenvalue weighted by Gasteiger charge is -2.45. The number of aliphatic hydroxyl groups is 10. The van der Waals surface area contributed by atoms with E-state index in [0.29, 0.717) is 0 Å². The Morgan fingerprint density at radius 2 is 1.23 bits per heavy atom. The third-order valence-corrected chi connectivity index (χ3v) is 12.0. The maximum absolute atomic E-state index is 12.6. The summed E-state index contributed by atoms with van der Waals surface area (Å²) in [5.74, 6) is -6.83. The van der Waals surface area contributed by atoms with Gasteiger partial charge in [-0.25, -0.2) is 0 Å². The van der Waals surface area contributed by atoms with E-state index in [9.17, 15) is 65.8 Å². The van der Waals surface area contributed by atoms with Crippen molar-refractivity contribution >= 4 is 11.9 Å². The molecule has 0 aromatic carbocycles. The smallest absolute Gasteiger partial charge is 0.311 e. The molecule has 0 aromatic rings. The maximum atomic E-state index is 12.6. The van der Waals surface area contributed by atoms with Crippen LogP contribution >= 0.6 is 0 Å². The topological polar surface area (TPSA) is 320 Å². The van der Waals surface area contributed by atoms with Crippen LogP contribution in [0.3, 0.4) is 0 Å². The number of ether oxygens (including phenoxy) is 4. The van der Waals surface area contributed by atoms with E-state index in [1.54, 1.807) is 80.7 Å². The van der Waals surface area contributed by atoms with Crippen LogP contribution in [0.2, 0.25) is 0 Å². The molecule has 0 spiro atoms. The summed E-state index contributed by atoms with van der Waals surface area (Å²) in [6.45, 7) is 6.74. The van der Waals surface area contributed by atoms with Crippen molar-refractivity contribution in [3.05, 3.63) is 85.1 Å². The fourth-order valence-electron chi connectivity index (χ4n) is 7.97. The highest BCUT2D eigenvalue weighted by Crippen LogP contribution is 2.38. The highest BCUT2D eigenvalue weighted by molar-refractivity contribution is 5.71. The standard InChI is InChI=1S/C47H73NO17/c1-27-17-15-13-11-9-7-5-6-8-10-12-14-16-18-34(64-46-44(58)41(48)43(57)30(4)63-46)24-38-40(45(59)60)37(54)26-47(61,65-38)25-33(51)22-36(53)35(52)20-19-31(49)21-32(50)23-39(55)62-29(3)28(2)42(27)56/h5-18,27-38,40-44,46,49-54,56-58,61H,19-26,48H2,1-4H3,(H,59,60)/b6-5+,9-7+,10-8+,13-11+,14-12+,17-15+,18-16+/t27-,28-,29-,30+,31+,32+,33-,34-,35+,36+,37-,38-,40+,41-,42?,43+,44-,46-,47+/m0/s1. The molecule has 18 heteroatoms. The Morgan fingerprint density at radius 3 is 1.82 bits per heavy atom. The van der Waals surface area contributed by atoms with Crippen LogP contribution in [0.5, 0.6) is 0 Å². The van der Waals surface area contributed by atoms with E-state index in [4.69, 9.17) is 24.7 Å². The maximum Gasteiger partial charge on any atom is 0.311 e. The number of carbonyl (C=O) groups excluding carboxylic acids is 1. The van der Waals surface area contributed by atoms with Crippen LogP contribution in [-0.2, 0) is 28.5 Å². The predicted molar refractivity (Wildman–Crippen MR) is 237 cm³/mol. The van der Waals surface area contributed by atoms with Gasteiger partial charge < -0.3 is 80.9 Å². The number of fused-ring (bicyclic) bond motifs is 2. The summed E-state index contributed by atoms with van der Waals surface area (Å²) in [7, 11) is 0. The van der Waals surface area contributed by atoms with E-state index in [-0.39, 0.29) is 31.6 Å². The lowest BCUT2D eigenvalue weighted by molar-refractivity contribution is -0.308. The second-order valence-electron chi connectivity index (χ2n) is 17.6. The van der Waals surface area contributed by atoms with Crippen molar-refractivity contribution < 1.29 is 84.7 Å². The molecule has 19 atom stereocenters. The number of hydrogen-bond acceptors (Lipinski definition) is 17. The van der Waals surface area contributed by atoms with Gasteiger partial charge in [-0.2, -0.15) is 0 Å². The Morgan fingerprint density at radius 1 is 0.662 bits per heavy atom. The fraction of sp³-hybridized carbons (Fsp3) is 0.660. The number of cyclic esters (lactones) is 1. The second kappa shape index (κ2) is 27.4. The number of esters is 1. The number of aliphatic carboxylic acids is 1. The van der Waals surface area contributed by atoms with Gasteiger partial charge in [-0.15, -0.1) is 0 Å². The molecule has 0 aromatic heterocycles. The zero-order chi connectivity index (χ0) is 48.4. The van der Waals surface area contributed by atoms with Gasteiger partial charge in [0.2, 0.25) is 0 Å². The molecule has 1 unspecified atom stereocenters. The largest absolute Gasteiger partial charge is 0.481 e. The van der Waals surface area contributed by atoms with Crippen LogP contribution in [0.15, 0.2) is 85.1 Å². The molecule has 2 fully saturated rings. The van der Waals surface area contributed by atoms with Crippen LogP contribution in [0.4, 0.5) is 0 Å². The van der Waals surface area contributed by atoms with Crippen molar-refractivity contribution in [2.75, 3.05) is 0 Å². The number of carbonyl (C=O) groups is 2. The molecule has 0 amide bonds. The molecule has 3 aliphatic heterocycles. The molecule has 2 saturated heterocycles. The van der Waals surface area contributed by atoms with Crippen molar-refractivity contribution in [2.45, 2.75) is 177 Å².